The Balaban J connectivity index is 1.67. The fraction of sp³-hybridized carbons (Fsp3) is 0.250. The lowest BCUT2D eigenvalue weighted by Crippen LogP contribution is -2.31. The molecule has 2 aromatic carbocycles. The number of rotatable bonds is 4. The number of aromatic nitrogens is 3. The minimum Gasteiger partial charge on any atom is -0.476 e. The number of anilines is 1. The van der Waals surface area contributed by atoms with Crippen LogP contribution in [0.4, 0.5) is 5.82 Å². The molecule has 0 saturated heterocycles. The molecule has 3 heterocycles. The van der Waals surface area contributed by atoms with Crippen LogP contribution in [0.3, 0.4) is 0 Å². The molecule has 7 heteroatoms. The summed E-state index contributed by atoms with van der Waals surface area (Å²) in [6.07, 6.45) is 0.545. The minimum atomic E-state index is -0.507. The van der Waals surface area contributed by atoms with Gasteiger partial charge in [-0.05, 0) is 35.4 Å². The molecule has 4 aromatic rings. The molecule has 1 aliphatic rings. The molecule has 0 bridgehead atoms. The van der Waals surface area contributed by atoms with Gasteiger partial charge in [-0.15, -0.1) is 0 Å². The van der Waals surface area contributed by atoms with E-state index in [0.717, 1.165) is 17.3 Å². The van der Waals surface area contributed by atoms with Crippen LogP contribution in [0.25, 0.3) is 10.9 Å². The van der Waals surface area contributed by atoms with Gasteiger partial charge in [0.25, 0.3) is 0 Å². The lowest BCUT2D eigenvalue weighted by molar-refractivity contribution is 0.310. The number of para-hydroxylation sites is 1. The number of benzene rings is 2. The Morgan fingerprint density at radius 2 is 1.97 bits per heavy atom. The van der Waals surface area contributed by atoms with E-state index >= 15 is 0 Å². The fourth-order valence-electron chi connectivity index (χ4n) is 4.43. The van der Waals surface area contributed by atoms with Gasteiger partial charge in [-0.2, -0.15) is 4.98 Å². The van der Waals surface area contributed by atoms with Crippen LogP contribution in [0, 0.1) is 0 Å². The molecule has 4 N–H and O–H groups in total. The van der Waals surface area contributed by atoms with Gasteiger partial charge in [0, 0.05) is 17.8 Å². The number of aromatic amines is 1. The molecule has 2 aromatic heterocycles. The van der Waals surface area contributed by atoms with E-state index in [-0.39, 0.29) is 17.9 Å². The highest BCUT2D eigenvalue weighted by Crippen LogP contribution is 2.35. The molecule has 158 valence electrons. The topological polar surface area (TPSA) is 98.0 Å². The van der Waals surface area contributed by atoms with Gasteiger partial charge in [-0.25, -0.2) is 4.79 Å². The molecule has 0 fully saturated rings. The van der Waals surface area contributed by atoms with E-state index in [9.17, 15) is 4.79 Å². The van der Waals surface area contributed by atoms with Gasteiger partial charge >= 0.3 is 5.69 Å². The maximum atomic E-state index is 11.9. The standard InChI is InChI=1S/C24H25N5O2/c1-15(16-7-3-2-4-8-16)13-18-14-17-9-5-6-10-19(17)29(18)22-20-21(25)27-24(30)28-23(20)31-12-11-26-22/h2-10,14-15,22,26H,11-13H2,1H3,(H3,25,27,28,30). The Kier molecular flexibility index (Phi) is 4.95. The molecular weight excluding hydrogens is 390 g/mol. The molecule has 31 heavy (non-hydrogen) atoms. The van der Waals surface area contributed by atoms with Crippen molar-refractivity contribution in [3.63, 3.8) is 0 Å². The summed E-state index contributed by atoms with van der Waals surface area (Å²) in [5.74, 6) is 0.891. The molecule has 0 aliphatic carbocycles. The zero-order chi connectivity index (χ0) is 21.4. The summed E-state index contributed by atoms with van der Waals surface area (Å²) in [6, 6.07) is 21.0. The Morgan fingerprint density at radius 1 is 1.19 bits per heavy atom. The maximum Gasteiger partial charge on any atom is 0.349 e. The van der Waals surface area contributed by atoms with Crippen LogP contribution in [0.2, 0.25) is 0 Å². The number of H-pyrrole nitrogens is 1. The van der Waals surface area contributed by atoms with Gasteiger partial charge < -0.3 is 15.0 Å². The monoisotopic (exact) mass is 415 g/mol. The highest BCUT2D eigenvalue weighted by Gasteiger charge is 2.29. The van der Waals surface area contributed by atoms with Crippen LogP contribution in [0.1, 0.15) is 35.8 Å². The SMILES string of the molecule is CC(Cc1cc2ccccc2n1C1NCCOc2nc(=O)[nH]c(N)c21)c1ccccc1. The van der Waals surface area contributed by atoms with Crippen LogP contribution in [0.5, 0.6) is 5.88 Å². The fourth-order valence-corrected chi connectivity index (χ4v) is 4.43. The molecule has 0 spiro atoms. The van der Waals surface area contributed by atoms with Crippen LogP contribution in [0.15, 0.2) is 65.5 Å². The Labute approximate surface area is 179 Å². The Morgan fingerprint density at radius 3 is 2.81 bits per heavy atom. The van der Waals surface area contributed by atoms with Crippen LogP contribution >= 0.6 is 0 Å². The van der Waals surface area contributed by atoms with Crippen LogP contribution in [-0.4, -0.2) is 27.7 Å². The summed E-state index contributed by atoms with van der Waals surface area (Å²) in [5.41, 5.74) is 9.98. The quantitative estimate of drug-likeness (QED) is 0.476. The van der Waals surface area contributed by atoms with Crippen molar-refractivity contribution in [3.05, 3.63) is 88.0 Å². The van der Waals surface area contributed by atoms with Gasteiger partial charge in [0.15, 0.2) is 0 Å². The summed E-state index contributed by atoms with van der Waals surface area (Å²) in [7, 11) is 0. The van der Waals surface area contributed by atoms with Gasteiger partial charge in [-0.1, -0.05) is 55.5 Å². The Bertz CT molecular complexity index is 1280. The Hall–Kier alpha value is -3.58. The summed E-state index contributed by atoms with van der Waals surface area (Å²) in [6.45, 7) is 3.26. The highest BCUT2D eigenvalue weighted by atomic mass is 16.5. The van der Waals surface area contributed by atoms with E-state index in [1.54, 1.807) is 0 Å². The van der Waals surface area contributed by atoms with Crippen molar-refractivity contribution in [1.82, 2.24) is 19.9 Å². The number of hydrogen-bond acceptors (Lipinski definition) is 5. The average Bonchev–Trinajstić information content (AvgIpc) is 2.99. The van der Waals surface area contributed by atoms with Crippen molar-refractivity contribution < 1.29 is 4.74 Å². The number of nitrogens with one attached hydrogen (secondary N) is 2. The summed E-state index contributed by atoms with van der Waals surface area (Å²) in [5, 5.41) is 4.70. The molecule has 5 rings (SSSR count). The van der Waals surface area contributed by atoms with Gasteiger partial charge in [0.1, 0.15) is 18.6 Å². The molecule has 0 saturated carbocycles. The predicted molar refractivity (Wildman–Crippen MR) is 121 cm³/mol. The third-order valence-electron chi connectivity index (χ3n) is 5.89. The van der Waals surface area contributed by atoms with E-state index in [0.29, 0.717) is 24.6 Å². The smallest absolute Gasteiger partial charge is 0.349 e. The van der Waals surface area contributed by atoms with Gasteiger partial charge in [0.05, 0.1) is 5.56 Å². The van der Waals surface area contributed by atoms with E-state index in [2.05, 4.69) is 69.2 Å². The first kappa shape index (κ1) is 19.4. The lowest BCUT2D eigenvalue weighted by Gasteiger charge is -2.25. The third-order valence-corrected chi connectivity index (χ3v) is 5.89. The number of nitrogens with zero attached hydrogens (tertiary/aromatic N) is 2. The van der Waals surface area contributed by atoms with Crippen molar-refractivity contribution in [2.45, 2.75) is 25.4 Å². The average molecular weight is 415 g/mol. The van der Waals surface area contributed by atoms with Crippen molar-refractivity contribution in [2.24, 2.45) is 0 Å². The van der Waals surface area contributed by atoms with E-state index in [1.165, 1.54) is 11.3 Å². The van der Waals surface area contributed by atoms with Crippen LogP contribution in [-0.2, 0) is 6.42 Å². The van der Waals surface area contributed by atoms with Gasteiger partial charge in [-0.3, -0.25) is 10.3 Å². The van der Waals surface area contributed by atoms with E-state index in [4.69, 9.17) is 10.5 Å². The second-order valence-electron chi connectivity index (χ2n) is 7.96. The van der Waals surface area contributed by atoms with Crippen molar-refractivity contribution >= 4 is 16.7 Å². The number of nitrogen functional groups attached to an aromatic ring is 1. The van der Waals surface area contributed by atoms with E-state index < -0.39 is 5.69 Å². The summed E-state index contributed by atoms with van der Waals surface area (Å²) in [4.78, 5) is 18.6. The highest BCUT2D eigenvalue weighted by molar-refractivity contribution is 5.82. The predicted octanol–water partition coefficient (Wildman–Crippen LogP) is 3.18. The maximum absolute atomic E-state index is 11.9. The summed E-state index contributed by atoms with van der Waals surface area (Å²) >= 11 is 0. The van der Waals surface area contributed by atoms with E-state index in [1.807, 2.05) is 18.2 Å². The van der Waals surface area contributed by atoms with Crippen molar-refractivity contribution in [2.75, 3.05) is 18.9 Å². The zero-order valence-corrected chi connectivity index (χ0v) is 17.3. The molecule has 1 aliphatic heterocycles. The first-order valence-electron chi connectivity index (χ1n) is 10.5. The van der Waals surface area contributed by atoms with Gasteiger partial charge in [0.2, 0.25) is 5.88 Å². The normalized spacial score (nSPS) is 17.0. The second kappa shape index (κ2) is 7.92. The largest absolute Gasteiger partial charge is 0.476 e. The number of fused-ring (bicyclic) bond motifs is 2. The molecule has 0 radical (unpaired) electrons. The third kappa shape index (κ3) is 3.57. The first-order chi connectivity index (χ1) is 15.1. The number of ether oxygens (including phenoxy) is 1. The van der Waals surface area contributed by atoms with Crippen molar-refractivity contribution in [1.29, 1.82) is 0 Å². The van der Waals surface area contributed by atoms with Crippen molar-refractivity contribution in [3.8, 4) is 5.88 Å². The zero-order valence-electron chi connectivity index (χ0n) is 17.3. The second-order valence-corrected chi connectivity index (χ2v) is 7.96. The first-order valence-corrected chi connectivity index (χ1v) is 10.5. The molecular formula is C24H25N5O2. The number of hydrogen-bond donors (Lipinski definition) is 3. The minimum absolute atomic E-state index is 0.272. The summed E-state index contributed by atoms with van der Waals surface area (Å²) < 4.78 is 8.02. The molecule has 7 nitrogen and oxygen atoms in total. The van der Waals surface area contributed by atoms with Crippen LogP contribution < -0.4 is 21.5 Å². The molecule has 2 atom stereocenters. The lowest BCUT2D eigenvalue weighted by atomic mass is 9.96. The number of nitrogens with two attached hydrogens (primary N) is 1. The molecule has 0 amide bonds. The molecule has 2 unspecified atom stereocenters.